The van der Waals surface area contributed by atoms with Crippen molar-refractivity contribution in [2.24, 2.45) is 0 Å². The van der Waals surface area contributed by atoms with Gasteiger partial charge in [0.05, 0.1) is 4.21 Å². The Kier molecular flexibility index (Phi) is 4.89. The highest BCUT2D eigenvalue weighted by atomic mass is 127. The van der Waals surface area contributed by atoms with Crippen LogP contribution in [-0.4, -0.2) is 12.2 Å². The number of ether oxygens (including phenoxy) is 1. The Morgan fingerprint density at radius 1 is 1.73 bits per heavy atom. The number of rotatable bonds is 3. The van der Waals surface area contributed by atoms with Crippen LogP contribution in [0.4, 0.5) is 0 Å². The molecule has 3 nitrogen and oxygen atoms in total. The summed E-state index contributed by atoms with van der Waals surface area (Å²) in [6.45, 7) is 2.04. The van der Waals surface area contributed by atoms with Gasteiger partial charge in [0, 0.05) is 3.57 Å². The van der Waals surface area contributed by atoms with Crippen molar-refractivity contribution in [1.29, 1.82) is 5.26 Å². The number of carbonyl (C=O) groups is 1. The molecule has 0 N–H and O–H groups in total. The van der Waals surface area contributed by atoms with Gasteiger partial charge in [-0.15, -0.1) is 28.4 Å². The van der Waals surface area contributed by atoms with Crippen LogP contribution in [0.25, 0.3) is 0 Å². The molecule has 0 spiro atoms. The van der Waals surface area contributed by atoms with Gasteiger partial charge < -0.3 is 4.74 Å². The van der Waals surface area contributed by atoms with E-state index in [1.807, 2.05) is 13.2 Å². The number of thiophene rings is 1. The fraction of sp³-hybridized carbons (Fsp3) is 0.333. The molecule has 1 rings (SSSR count). The Bertz CT molecular complexity index is 422. The minimum absolute atomic E-state index is 0.526. The summed E-state index contributed by atoms with van der Waals surface area (Å²) in [5, 5.41) is 8.28. The lowest BCUT2D eigenvalue weighted by Crippen LogP contribution is -2.00. The molecular weight excluding hydrogens is 345 g/mol. The molecule has 0 saturated carbocycles. The van der Waals surface area contributed by atoms with Gasteiger partial charge in [0.25, 0.3) is 6.26 Å². The Labute approximate surface area is 110 Å². The summed E-state index contributed by atoms with van der Waals surface area (Å²) in [5.74, 6) is -0.554. The first kappa shape index (κ1) is 12.8. The number of hydrogen-bond donors (Lipinski definition) is 0. The zero-order chi connectivity index (χ0) is 11.4. The summed E-state index contributed by atoms with van der Waals surface area (Å²) >= 11 is 5.13. The van der Waals surface area contributed by atoms with E-state index in [1.54, 1.807) is 11.8 Å². The lowest BCUT2D eigenvalue weighted by atomic mass is 10.2. The highest BCUT2D eigenvalue weighted by Gasteiger charge is 2.20. The molecule has 0 unspecified atom stereocenters. The molecule has 0 aliphatic heterocycles. The van der Waals surface area contributed by atoms with Crippen LogP contribution in [0.2, 0.25) is 0 Å². The Morgan fingerprint density at radius 3 is 2.80 bits per heavy atom. The predicted octanol–water partition coefficient (Wildman–Crippen LogP) is 3.27. The average Bonchev–Trinajstić information content (AvgIpc) is 2.55. The van der Waals surface area contributed by atoms with Crippen molar-refractivity contribution in [3.8, 4) is 6.26 Å². The molecule has 1 heterocycles. The second kappa shape index (κ2) is 5.72. The van der Waals surface area contributed by atoms with E-state index < -0.39 is 5.97 Å². The standard InChI is InChI=1S/C9H8INO2S2/c1-3-5-6(10)7(8(12)13-4-11)15-9(5)14-2/h3H2,1-2H3. The van der Waals surface area contributed by atoms with Crippen molar-refractivity contribution in [3.05, 3.63) is 14.0 Å². The van der Waals surface area contributed by atoms with Gasteiger partial charge in [-0.25, -0.2) is 4.79 Å². The maximum atomic E-state index is 11.4. The van der Waals surface area contributed by atoms with Crippen LogP contribution in [0, 0.1) is 15.1 Å². The van der Waals surface area contributed by atoms with Crippen LogP contribution in [0.15, 0.2) is 4.21 Å². The van der Waals surface area contributed by atoms with Gasteiger partial charge in [-0.3, -0.25) is 0 Å². The van der Waals surface area contributed by atoms with Gasteiger partial charge in [-0.05, 0) is 40.8 Å². The zero-order valence-corrected chi connectivity index (χ0v) is 12.0. The largest absolute Gasteiger partial charge is 0.364 e. The number of carbonyl (C=O) groups excluding carboxylic acids is 1. The molecule has 0 amide bonds. The normalized spacial score (nSPS) is 9.73. The van der Waals surface area contributed by atoms with Gasteiger partial charge in [0.2, 0.25) is 0 Å². The lowest BCUT2D eigenvalue weighted by Gasteiger charge is -1.96. The van der Waals surface area contributed by atoms with Crippen molar-refractivity contribution in [2.45, 2.75) is 17.6 Å². The summed E-state index contributed by atoms with van der Waals surface area (Å²) in [5.41, 5.74) is 1.16. The molecule has 6 heteroatoms. The molecule has 0 atom stereocenters. The van der Waals surface area contributed by atoms with Crippen molar-refractivity contribution >= 4 is 51.7 Å². The maximum absolute atomic E-state index is 11.4. The number of hydrogen-bond acceptors (Lipinski definition) is 5. The Morgan fingerprint density at radius 2 is 2.40 bits per heavy atom. The van der Waals surface area contributed by atoms with Gasteiger partial charge >= 0.3 is 5.97 Å². The second-order valence-corrected chi connectivity index (χ2v) is 5.72. The fourth-order valence-corrected chi connectivity index (χ4v) is 4.65. The molecule has 15 heavy (non-hydrogen) atoms. The predicted molar refractivity (Wildman–Crippen MR) is 69.2 cm³/mol. The molecule has 0 aliphatic carbocycles. The smallest absolute Gasteiger partial charge is 0.346 e. The number of thioether (sulfide) groups is 1. The number of nitrogens with zero attached hydrogens (tertiary/aromatic N) is 1. The third-order valence-electron chi connectivity index (χ3n) is 1.77. The first-order chi connectivity index (χ1) is 7.15. The SMILES string of the molecule is CCc1c(SC)sc(C(=O)OC#N)c1I. The van der Waals surface area contributed by atoms with E-state index in [2.05, 4.69) is 27.3 Å². The summed E-state index contributed by atoms with van der Waals surface area (Å²) in [6.07, 6.45) is 4.26. The quantitative estimate of drug-likeness (QED) is 0.362. The van der Waals surface area contributed by atoms with E-state index in [9.17, 15) is 4.79 Å². The van der Waals surface area contributed by atoms with Gasteiger partial charge in [0.1, 0.15) is 4.88 Å². The van der Waals surface area contributed by atoms with Crippen LogP contribution in [0.3, 0.4) is 0 Å². The maximum Gasteiger partial charge on any atom is 0.364 e. The Hall–Kier alpha value is -0.260. The summed E-state index contributed by atoms with van der Waals surface area (Å²) in [6, 6.07) is 0. The highest BCUT2D eigenvalue weighted by Crippen LogP contribution is 2.36. The minimum atomic E-state index is -0.554. The molecule has 0 fully saturated rings. The van der Waals surface area contributed by atoms with E-state index in [1.165, 1.54) is 17.6 Å². The average molecular weight is 353 g/mol. The number of esters is 1. The molecule has 0 aliphatic rings. The highest BCUT2D eigenvalue weighted by molar-refractivity contribution is 14.1. The van der Waals surface area contributed by atoms with Crippen molar-refractivity contribution < 1.29 is 9.53 Å². The van der Waals surface area contributed by atoms with Crippen molar-refractivity contribution in [2.75, 3.05) is 6.26 Å². The fourth-order valence-electron chi connectivity index (χ4n) is 1.11. The molecule has 1 aromatic rings. The molecule has 1 aromatic heterocycles. The van der Waals surface area contributed by atoms with Gasteiger partial charge in [-0.1, -0.05) is 6.92 Å². The molecule has 0 aromatic carbocycles. The minimum Gasteiger partial charge on any atom is -0.346 e. The topological polar surface area (TPSA) is 50.1 Å². The third-order valence-corrected chi connectivity index (χ3v) is 5.70. The van der Waals surface area contributed by atoms with E-state index in [0.717, 1.165) is 19.8 Å². The van der Waals surface area contributed by atoms with Crippen LogP contribution in [0.5, 0.6) is 0 Å². The monoisotopic (exact) mass is 353 g/mol. The van der Waals surface area contributed by atoms with Crippen LogP contribution >= 0.6 is 45.7 Å². The van der Waals surface area contributed by atoms with Crippen LogP contribution < -0.4 is 0 Å². The first-order valence-corrected chi connectivity index (χ1v) is 7.23. The summed E-state index contributed by atoms with van der Waals surface area (Å²) < 4.78 is 6.35. The zero-order valence-electron chi connectivity index (χ0n) is 8.17. The number of nitriles is 1. The Balaban J connectivity index is 3.16. The molecular formula is C9H8INO2S2. The lowest BCUT2D eigenvalue weighted by molar-refractivity contribution is 0.0689. The molecule has 80 valence electrons. The summed E-state index contributed by atoms with van der Waals surface area (Å²) in [4.78, 5) is 11.9. The second-order valence-electron chi connectivity index (χ2n) is 2.55. The van der Waals surface area contributed by atoms with Crippen LogP contribution in [-0.2, 0) is 11.2 Å². The molecule has 0 radical (unpaired) electrons. The molecule has 0 bridgehead atoms. The van der Waals surface area contributed by atoms with Crippen molar-refractivity contribution in [3.63, 3.8) is 0 Å². The van der Waals surface area contributed by atoms with E-state index in [0.29, 0.717) is 4.88 Å². The van der Waals surface area contributed by atoms with Crippen LogP contribution in [0.1, 0.15) is 22.2 Å². The van der Waals surface area contributed by atoms with Crippen molar-refractivity contribution in [1.82, 2.24) is 0 Å². The third kappa shape index (κ3) is 2.65. The van der Waals surface area contributed by atoms with E-state index in [-0.39, 0.29) is 0 Å². The van der Waals surface area contributed by atoms with Gasteiger partial charge in [0.15, 0.2) is 0 Å². The number of halogens is 1. The summed E-state index contributed by atoms with van der Waals surface area (Å²) in [7, 11) is 0. The van der Waals surface area contributed by atoms with E-state index in [4.69, 9.17) is 5.26 Å². The molecule has 0 saturated heterocycles. The van der Waals surface area contributed by atoms with E-state index >= 15 is 0 Å². The van der Waals surface area contributed by atoms with Gasteiger partial charge in [-0.2, -0.15) is 0 Å². The first-order valence-electron chi connectivity index (χ1n) is 4.11.